The third-order valence-electron chi connectivity index (χ3n) is 7.14. The molecule has 0 aromatic heterocycles. The van der Waals surface area contributed by atoms with Crippen LogP contribution in [0.25, 0.3) is 0 Å². The van der Waals surface area contributed by atoms with Crippen LogP contribution in [-0.4, -0.2) is 35.8 Å². The van der Waals surface area contributed by atoms with Gasteiger partial charge in [-0.25, -0.2) is 4.79 Å². The molecule has 9 heteroatoms. The largest absolute Gasteiger partial charge is 0.490 e. The van der Waals surface area contributed by atoms with E-state index in [4.69, 9.17) is 24.3 Å². The number of aliphatic carboxylic acids is 1. The number of Topliss-reactive ketones (excluding diaryl/α,β-unsaturated/α-hetero) is 1. The van der Waals surface area contributed by atoms with Crippen molar-refractivity contribution in [2.45, 2.75) is 59.0 Å². The summed E-state index contributed by atoms with van der Waals surface area (Å²) in [5, 5.41) is 19.0. The van der Waals surface area contributed by atoms with Crippen LogP contribution in [-0.2, 0) is 16.2 Å². The minimum atomic E-state index is -1.05. The van der Waals surface area contributed by atoms with E-state index in [2.05, 4.69) is 28.9 Å². The van der Waals surface area contributed by atoms with Gasteiger partial charge in [-0.1, -0.05) is 25.5 Å². The van der Waals surface area contributed by atoms with Gasteiger partial charge in [0.15, 0.2) is 23.9 Å². The van der Waals surface area contributed by atoms with Gasteiger partial charge in [-0.05, 0) is 83.9 Å². The highest BCUT2D eigenvalue weighted by Crippen LogP contribution is 2.48. The smallest absolute Gasteiger partial charge is 0.341 e. The molecule has 1 heterocycles. The molecule has 0 radical (unpaired) electrons. The minimum absolute atomic E-state index is 0.0700. The van der Waals surface area contributed by atoms with E-state index >= 15 is 0 Å². The number of ketones is 1. The molecular weight excluding hydrogens is 576 g/mol. The van der Waals surface area contributed by atoms with E-state index in [0.29, 0.717) is 40.3 Å². The fourth-order valence-electron chi connectivity index (χ4n) is 5.47. The van der Waals surface area contributed by atoms with Crippen molar-refractivity contribution in [2.75, 3.05) is 13.2 Å². The lowest BCUT2D eigenvalue weighted by Gasteiger charge is -2.35. The van der Waals surface area contributed by atoms with Gasteiger partial charge in [-0.3, -0.25) is 9.79 Å². The van der Waals surface area contributed by atoms with E-state index < -0.39 is 24.4 Å². The van der Waals surface area contributed by atoms with E-state index in [0.717, 1.165) is 41.8 Å². The summed E-state index contributed by atoms with van der Waals surface area (Å²) in [6, 6.07) is 13.2. The number of carboxylic acids is 1. The summed E-state index contributed by atoms with van der Waals surface area (Å²) >= 11 is 3.64. The quantitative estimate of drug-likeness (QED) is 0.304. The second kappa shape index (κ2) is 13.1. The van der Waals surface area contributed by atoms with E-state index in [1.165, 1.54) is 0 Å². The van der Waals surface area contributed by atoms with Gasteiger partial charge in [0.25, 0.3) is 0 Å². The van der Waals surface area contributed by atoms with Crippen LogP contribution in [0.15, 0.2) is 57.1 Å². The average Bonchev–Trinajstić information content (AvgIpc) is 2.91. The molecule has 8 nitrogen and oxygen atoms in total. The SMILES string of the molecule is CCCC1CC(=O)C2=C(C1)N=C(C)C(C#N)C2c1cc(Br)c(OCc2cccc(OCC(=O)O)c2)c(OCC)c1. The number of halogens is 1. The number of carboxylic acid groups (broad SMARTS) is 1. The van der Waals surface area contributed by atoms with Gasteiger partial charge in [0, 0.05) is 29.3 Å². The van der Waals surface area contributed by atoms with Gasteiger partial charge in [0.05, 0.1) is 23.1 Å². The molecule has 2 aromatic carbocycles. The molecule has 3 atom stereocenters. The third kappa shape index (κ3) is 6.56. The van der Waals surface area contributed by atoms with E-state index in [1.54, 1.807) is 18.2 Å². The summed E-state index contributed by atoms with van der Waals surface area (Å²) in [4.78, 5) is 29.0. The number of ether oxygens (including phenoxy) is 3. The van der Waals surface area contributed by atoms with Crippen LogP contribution in [0.1, 0.15) is 63.5 Å². The Morgan fingerprint density at radius 1 is 1.18 bits per heavy atom. The number of nitriles is 1. The normalized spacial score (nSPS) is 20.3. The molecule has 0 saturated heterocycles. The molecule has 2 aliphatic rings. The zero-order chi connectivity index (χ0) is 28.8. The second-order valence-electron chi connectivity index (χ2n) is 10.1. The highest BCUT2D eigenvalue weighted by molar-refractivity contribution is 9.10. The van der Waals surface area contributed by atoms with Crippen LogP contribution < -0.4 is 14.2 Å². The number of allylic oxidation sites excluding steroid dienone is 2. The second-order valence-corrected chi connectivity index (χ2v) is 10.9. The first kappa shape index (κ1) is 29.3. The summed E-state index contributed by atoms with van der Waals surface area (Å²) in [5.74, 6) is -0.291. The van der Waals surface area contributed by atoms with Gasteiger partial charge < -0.3 is 19.3 Å². The van der Waals surface area contributed by atoms with E-state index in [1.807, 2.05) is 32.0 Å². The molecule has 1 N–H and O–H groups in total. The Kier molecular flexibility index (Phi) is 9.64. The maximum absolute atomic E-state index is 13.5. The van der Waals surface area contributed by atoms with Crippen LogP contribution in [0.4, 0.5) is 0 Å². The first-order chi connectivity index (χ1) is 19.2. The number of aliphatic imine (C=N–C) groups is 1. The lowest BCUT2D eigenvalue weighted by Crippen LogP contribution is -2.32. The Bertz CT molecular complexity index is 1390. The number of rotatable bonds is 11. The maximum atomic E-state index is 13.5. The van der Waals surface area contributed by atoms with Crippen LogP contribution in [0.3, 0.4) is 0 Å². The number of carbonyl (C=O) groups excluding carboxylic acids is 1. The number of nitrogens with zero attached hydrogens (tertiary/aromatic N) is 2. The van der Waals surface area contributed by atoms with Crippen molar-refractivity contribution >= 4 is 33.4 Å². The molecule has 1 aliphatic heterocycles. The Labute approximate surface area is 242 Å². The predicted octanol–water partition coefficient (Wildman–Crippen LogP) is 6.62. The van der Waals surface area contributed by atoms with E-state index in [9.17, 15) is 14.9 Å². The van der Waals surface area contributed by atoms with Gasteiger partial charge in [0.1, 0.15) is 12.4 Å². The van der Waals surface area contributed by atoms with Crippen molar-refractivity contribution in [1.29, 1.82) is 5.26 Å². The van der Waals surface area contributed by atoms with Gasteiger partial charge >= 0.3 is 5.97 Å². The summed E-state index contributed by atoms with van der Waals surface area (Å²) < 4.78 is 18.0. The molecule has 0 saturated carbocycles. The zero-order valence-corrected chi connectivity index (χ0v) is 24.5. The predicted molar refractivity (Wildman–Crippen MR) is 154 cm³/mol. The number of hydrogen-bond donors (Lipinski definition) is 1. The highest BCUT2D eigenvalue weighted by Gasteiger charge is 2.41. The first-order valence-corrected chi connectivity index (χ1v) is 14.3. The molecular formula is C31H33BrN2O6. The highest BCUT2D eigenvalue weighted by atomic mass is 79.9. The maximum Gasteiger partial charge on any atom is 0.341 e. The number of benzene rings is 2. The zero-order valence-electron chi connectivity index (χ0n) is 22.9. The minimum Gasteiger partial charge on any atom is -0.490 e. The van der Waals surface area contributed by atoms with Crippen molar-refractivity contribution in [3.8, 4) is 23.3 Å². The summed E-state index contributed by atoms with van der Waals surface area (Å²) in [5.41, 5.74) is 3.75. The van der Waals surface area contributed by atoms with Crippen molar-refractivity contribution < 1.29 is 28.9 Å². The lowest BCUT2D eigenvalue weighted by molar-refractivity contribution is -0.139. The summed E-state index contributed by atoms with van der Waals surface area (Å²) in [6.45, 7) is 6.01. The fraction of sp³-hybridized carbons (Fsp3) is 0.419. The van der Waals surface area contributed by atoms with Crippen molar-refractivity contribution in [3.05, 3.63) is 63.3 Å². The topological polar surface area (TPSA) is 118 Å². The van der Waals surface area contributed by atoms with Crippen LogP contribution in [0, 0.1) is 23.2 Å². The molecule has 0 bridgehead atoms. The fourth-order valence-corrected chi connectivity index (χ4v) is 6.05. The molecule has 4 rings (SSSR count). The van der Waals surface area contributed by atoms with E-state index in [-0.39, 0.29) is 18.3 Å². The summed E-state index contributed by atoms with van der Waals surface area (Å²) in [7, 11) is 0. The van der Waals surface area contributed by atoms with Crippen LogP contribution in [0.5, 0.6) is 17.2 Å². The standard InChI is InChI=1S/C31H33BrN2O6/c1-4-7-19-11-25-30(26(35)12-19)29(23(15-33)18(3)34-25)21-13-24(32)31(27(14-21)38-5-2)40-16-20-8-6-9-22(10-20)39-17-28(36)37/h6,8-10,13-14,19,23,29H,4-5,7,11-12,16-17H2,1-3H3,(H,36,37). The molecule has 3 unspecified atom stereocenters. The number of hydrogen-bond acceptors (Lipinski definition) is 7. The van der Waals surface area contributed by atoms with Gasteiger partial charge in [-0.2, -0.15) is 5.26 Å². The van der Waals surface area contributed by atoms with Crippen molar-refractivity contribution in [3.63, 3.8) is 0 Å². The molecule has 0 spiro atoms. The van der Waals surface area contributed by atoms with Gasteiger partial charge in [-0.15, -0.1) is 0 Å². The van der Waals surface area contributed by atoms with Crippen molar-refractivity contribution in [2.24, 2.45) is 16.8 Å². The third-order valence-corrected chi connectivity index (χ3v) is 7.73. The molecule has 40 heavy (non-hydrogen) atoms. The molecule has 210 valence electrons. The number of carbonyl (C=O) groups is 2. The van der Waals surface area contributed by atoms with Crippen LogP contribution >= 0.6 is 15.9 Å². The molecule has 0 fully saturated rings. The average molecular weight is 610 g/mol. The monoisotopic (exact) mass is 608 g/mol. The summed E-state index contributed by atoms with van der Waals surface area (Å²) in [6.07, 6.45) is 3.21. The van der Waals surface area contributed by atoms with Gasteiger partial charge in [0.2, 0.25) is 0 Å². The first-order valence-electron chi connectivity index (χ1n) is 13.5. The molecule has 1 aliphatic carbocycles. The molecule has 2 aromatic rings. The lowest BCUT2D eigenvalue weighted by atomic mass is 9.70. The van der Waals surface area contributed by atoms with Crippen molar-refractivity contribution in [1.82, 2.24) is 0 Å². The molecule has 0 amide bonds. The Balaban J connectivity index is 1.66. The van der Waals surface area contributed by atoms with Crippen LogP contribution in [0.2, 0.25) is 0 Å². The Morgan fingerprint density at radius 2 is 1.98 bits per heavy atom. The Morgan fingerprint density at radius 3 is 2.67 bits per heavy atom. The Hall–Kier alpha value is -3.64.